The Hall–Kier alpha value is -1.57. The summed E-state index contributed by atoms with van der Waals surface area (Å²) in [5, 5.41) is 13.1. The van der Waals surface area contributed by atoms with Crippen molar-refractivity contribution in [3.63, 3.8) is 0 Å². The highest BCUT2D eigenvalue weighted by atomic mass is 35.5. The fraction of sp³-hybridized carbons (Fsp3) is 0.667. The van der Waals surface area contributed by atoms with Crippen molar-refractivity contribution in [1.82, 2.24) is 20.1 Å². The molecular formula is C18H28ClN5O2. The summed E-state index contributed by atoms with van der Waals surface area (Å²) >= 11 is 6.20. The number of aromatic nitrogens is 1. The zero-order chi connectivity index (χ0) is 18.4. The Kier molecular flexibility index (Phi) is 6.93. The van der Waals surface area contributed by atoms with Crippen LogP contribution in [0.1, 0.15) is 19.3 Å². The second-order valence-corrected chi connectivity index (χ2v) is 7.29. The van der Waals surface area contributed by atoms with Gasteiger partial charge in [-0.15, -0.1) is 0 Å². The predicted molar refractivity (Wildman–Crippen MR) is 103 cm³/mol. The van der Waals surface area contributed by atoms with Crippen LogP contribution < -0.4 is 10.2 Å². The lowest BCUT2D eigenvalue weighted by molar-refractivity contribution is 0.0909. The Balaban J connectivity index is 1.40. The van der Waals surface area contributed by atoms with Crippen molar-refractivity contribution < 1.29 is 9.90 Å². The summed E-state index contributed by atoms with van der Waals surface area (Å²) in [6, 6.07) is 3.88. The van der Waals surface area contributed by atoms with Crippen molar-refractivity contribution in [1.29, 1.82) is 0 Å². The minimum Gasteiger partial charge on any atom is -0.395 e. The number of likely N-dealkylation sites (tertiary alicyclic amines) is 1. The molecule has 2 N–H and O–H groups in total. The third kappa shape index (κ3) is 4.78. The minimum atomic E-state index is -0.0191. The van der Waals surface area contributed by atoms with Gasteiger partial charge in [0.05, 0.1) is 11.6 Å². The van der Waals surface area contributed by atoms with Crippen LogP contribution in [0.5, 0.6) is 0 Å². The minimum absolute atomic E-state index is 0.0191. The van der Waals surface area contributed by atoms with Crippen LogP contribution in [0.15, 0.2) is 18.3 Å². The monoisotopic (exact) mass is 381 g/mol. The molecule has 8 heteroatoms. The van der Waals surface area contributed by atoms with E-state index in [4.69, 9.17) is 11.6 Å². The van der Waals surface area contributed by atoms with E-state index in [1.165, 1.54) is 12.8 Å². The molecule has 144 valence electrons. The summed E-state index contributed by atoms with van der Waals surface area (Å²) in [5.74, 6) is 0.786. The number of rotatable bonds is 5. The summed E-state index contributed by atoms with van der Waals surface area (Å²) in [6.45, 7) is 5.37. The normalized spacial score (nSPS) is 21.7. The first-order valence-electron chi connectivity index (χ1n) is 9.42. The molecule has 2 fully saturated rings. The number of pyridine rings is 1. The number of aliphatic hydroxyl groups is 1. The van der Waals surface area contributed by atoms with E-state index < -0.39 is 0 Å². The van der Waals surface area contributed by atoms with Crippen molar-refractivity contribution in [3.05, 3.63) is 23.4 Å². The van der Waals surface area contributed by atoms with Crippen LogP contribution >= 0.6 is 11.6 Å². The zero-order valence-electron chi connectivity index (χ0n) is 15.1. The molecule has 3 heterocycles. The molecule has 26 heavy (non-hydrogen) atoms. The molecule has 2 aliphatic heterocycles. The lowest BCUT2D eigenvalue weighted by Crippen LogP contribution is -2.53. The van der Waals surface area contributed by atoms with E-state index in [2.05, 4.69) is 20.1 Å². The van der Waals surface area contributed by atoms with Crippen LogP contribution in [0.3, 0.4) is 0 Å². The van der Waals surface area contributed by atoms with E-state index >= 15 is 0 Å². The number of nitrogens with zero attached hydrogens (tertiary/aromatic N) is 4. The molecule has 7 nitrogen and oxygen atoms in total. The van der Waals surface area contributed by atoms with Gasteiger partial charge in [-0.05, 0) is 31.5 Å². The standard InChI is InChI=1S/C18H28ClN5O2/c19-16-5-3-6-20-17(16)23-10-12-24(13-11-23)18(26)21-7-9-22-8-2-1-4-15(22)14-25/h3,5-6,15,25H,1-2,4,7-14H2,(H,21,26)/t15-/m0/s1. The smallest absolute Gasteiger partial charge is 0.317 e. The van der Waals surface area contributed by atoms with Crippen molar-refractivity contribution in [3.8, 4) is 0 Å². The zero-order valence-corrected chi connectivity index (χ0v) is 15.9. The fourth-order valence-corrected chi connectivity index (χ4v) is 3.95. The molecule has 0 unspecified atom stereocenters. The summed E-state index contributed by atoms with van der Waals surface area (Å²) in [4.78, 5) is 23.0. The van der Waals surface area contributed by atoms with Crippen molar-refractivity contribution in [2.45, 2.75) is 25.3 Å². The Morgan fingerprint density at radius 1 is 1.27 bits per heavy atom. The molecule has 2 amide bonds. The third-order valence-corrected chi connectivity index (χ3v) is 5.54. The molecule has 0 radical (unpaired) electrons. The molecule has 1 aromatic rings. The Labute approximate surface area is 159 Å². The number of halogens is 1. The topological polar surface area (TPSA) is 71.9 Å². The fourth-order valence-electron chi connectivity index (χ4n) is 3.71. The van der Waals surface area contributed by atoms with Crippen LogP contribution in [-0.2, 0) is 0 Å². The summed E-state index contributed by atoms with van der Waals surface area (Å²) in [6.07, 6.45) is 5.13. The maximum atomic E-state index is 12.4. The van der Waals surface area contributed by atoms with Gasteiger partial charge in [0, 0.05) is 51.5 Å². The third-order valence-electron chi connectivity index (χ3n) is 5.24. The summed E-state index contributed by atoms with van der Waals surface area (Å²) in [5.41, 5.74) is 0. The van der Waals surface area contributed by atoms with Crippen molar-refractivity contribution in [2.24, 2.45) is 0 Å². The number of piperidine rings is 1. The van der Waals surface area contributed by atoms with E-state index in [-0.39, 0.29) is 18.7 Å². The molecule has 2 aliphatic rings. The van der Waals surface area contributed by atoms with Gasteiger partial charge in [-0.3, -0.25) is 4.90 Å². The van der Waals surface area contributed by atoms with Gasteiger partial charge >= 0.3 is 6.03 Å². The quantitative estimate of drug-likeness (QED) is 0.807. The van der Waals surface area contributed by atoms with E-state index in [1.54, 1.807) is 6.20 Å². The first-order chi connectivity index (χ1) is 12.7. The number of hydrogen-bond acceptors (Lipinski definition) is 5. The molecule has 0 bridgehead atoms. The van der Waals surface area contributed by atoms with Gasteiger partial charge in [-0.2, -0.15) is 0 Å². The highest BCUT2D eigenvalue weighted by Gasteiger charge is 2.24. The van der Waals surface area contributed by atoms with Crippen LogP contribution in [-0.4, -0.2) is 84.4 Å². The molecule has 2 saturated heterocycles. The average molecular weight is 382 g/mol. The van der Waals surface area contributed by atoms with E-state index in [1.807, 2.05) is 17.0 Å². The number of anilines is 1. The van der Waals surface area contributed by atoms with Crippen molar-refractivity contribution >= 4 is 23.4 Å². The maximum absolute atomic E-state index is 12.4. The van der Waals surface area contributed by atoms with Crippen LogP contribution in [0.2, 0.25) is 5.02 Å². The second kappa shape index (κ2) is 9.39. The Morgan fingerprint density at radius 2 is 2.08 bits per heavy atom. The summed E-state index contributed by atoms with van der Waals surface area (Å²) < 4.78 is 0. The second-order valence-electron chi connectivity index (χ2n) is 6.88. The highest BCUT2D eigenvalue weighted by Crippen LogP contribution is 2.23. The first kappa shape index (κ1) is 19.2. The Morgan fingerprint density at radius 3 is 2.81 bits per heavy atom. The molecule has 0 aromatic carbocycles. The number of piperazine rings is 1. The molecular weight excluding hydrogens is 354 g/mol. The molecule has 1 aromatic heterocycles. The van der Waals surface area contributed by atoms with Gasteiger partial charge in [0.15, 0.2) is 0 Å². The van der Waals surface area contributed by atoms with Gasteiger partial charge < -0.3 is 20.2 Å². The van der Waals surface area contributed by atoms with Gasteiger partial charge in [-0.25, -0.2) is 9.78 Å². The molecule has 0 aliphatic carbocycles. The van der Waals surface area contributed by atoms with E-state index in [9.17, 15) is 9.90 Å². The number of urea groups is 1. The lowest BCUT2D eigenvalue weighted by Gasteiger charge is -2.36. The Bertz CT molecular complexity index is 595. The highest BCUT2D eigenvalue weighted by molar-refractivity contribution is 6.32. The number of hydrogen-bond donors (Lipinski definition) is 2. The number of amides is 2. The van der Waals surface area contributed by atoms with Gasteiger partial charge in [0.1, 0.15) is 5.82 Å². The molecule has 0 spiro atoms. The predicted octanol–water partition coefficient (Wildman–Crippen LogP) is 1.41. The SMILES string of the molecule is O=C(NCCN1CCCC[C@H]1CO)N1CCN(c2ncccc2Cl)CC1. The van der Waals surface area contributed by atoms with Crippen molar-refractivity contribution in [2.75, 3.05) is 57.3 Å². The van der Waals surface area contributed by atoms with Gasteiger partial charge in [-0.1, -0.05) is 18.0 Å². The van der Waals surface area contributed by atoms with Crippen LogP contribution in [0.25, 0.3) is 0 Å². The van der Waals surface area contributed by atoms with E-state index in [0.29, 0.717) is 24.7 Å². The van der Waals surface area contributed by atoms with Gasteiger partial charge in [0.2, 0.25) is 0 Å². The van der Waals surface area contributed by atoms with E-state index in [0.717, 1.165) is 38.4 Å². The molecule has 1 atom stereocenters. The van der Waals surface area contributed by atoms with Crippen LogP contribution in [0.4, 0.5) is 10.6 Å². The average Bonchev–Trinajstić information content (AvgIpc) is 2.69. The number of carbonyl (C=O) groups excluding carboxylic acids is 1. The van der Waals surface area contributed by atoms with Crippen LogP contribution in [0, 0.1) is 0 Å². The molecule has 0 saturated carbocycles. The summed E-state index contributed by atoms with van der Waals surface area (Å²) in [7, 11) is 0. The number of nitrogens with one attached hydrogen (secondary N) is 1. The lowest BCUT2D eigenvalue weighted by atomic mass is 10.0. The number of carbonyl (C=O) groups is 1. The number of aliphatic hydroxyl groups excluding tert-OH is 1. The largest absolute Gasteiger partial charge is 0.395 e. The maximum Gasteiger partial charge on any atom is 0.317 e. The first-order valence-corrected chi connectivity index (χ1v) is 9.80. The van der Waals surface area contributed by atoms with Gasteiger partial charge in [0.25, 0.3) is 0 Å². The molecule has 3 rings (SSSR count).